The fraction of sp³-hybridized carbons (Fsp3) is 0.318. The smallest absolute Gasteiger partial charge is 0.254 e. The second-order valence-corrected chi connectivity index (χ2v) is 8.23. The monoisotopic (exact) mass is 399 g/mol. The first kappa shape index (κ1) is 17.3. The summed E-state index contributed by atoms with van der Waals surface area (Å²) in [4.78, 5) is 39.4. The fourth-order valence-corrected chi connectivity index (χ4v) is 5.11. The SMILES string of the molecule is O=c1[nH]c(-c2cccnc2)nc2c1CCC21CCCN(c2ncnc3[nH]ccc23)C1. The lowest BCUT2D eigenvalue weighted by Crippen LogP contribution is -2.46. The molecule has 1 aliphatic heterocycles. The van der Waals surface area contributed by atoms with E-state index in [0.717, 1.165) is 72.4 Å². The molecule has 1 spiro atoms. The molecule has 1 fully saturated rings. The lowest BCUT2D eigenvalue weighted by molar-refractivity contribution is 0.334. The Morgan fingerprint density at radius 2 is 2.13 bits per heavy atom. The third kappa shape index (κ3) is 2.56. The molecule has 1 atom stereocenters. The quantitative estimate of drug-likeness (QED) is 0.537. The van der Waals surface area contributed by atoms with Crippen molar-refractivity contribution in [3.8, 4) is 11.4 Å². The van der Waals surface area contributed by atoms with Gasteiger partial charge in [-0.3, -0.25) is 9.78 Å². The maximum Gasteiger partial charge on any atom is 0.254 e. The Morgan fingerprint density at radius 1 is 1.17 bits per heavy atom. The number of fused-ring (bicyclic) bond motifs is 3. The zero-order valence-electron chi connectivity index (χ0n) is 16.4. The van der Waals surface area contributed by atoms with Crippen LogP contribution in [0.3, 0.4) is 0 Å². The van der Waals surface area contributed by atoms with E-state index in [4.69, 9.17) is 4.98 Å². The number of nitrogens with zero attached hydrogens (tertiary/aromatic N) is 5. The predicted octanol–water partition coefficient (Wildman–Crippen LogP) is 2.59. The maximum absolute atomic E-state index is 12.9. The second-order valence-electron chi connectivity index (χ2n) is 8.23. The first-order valence-electron chi connectivity index (χ1n) is 10.3. The van der Waals surface area contributed by atoms with Crippen molar-refractivity contribution in [2.45, 2.75) is 31.1 Å². The van der Waals surface area contributed by atoms with Crippen LogP contribution in [0.25, 0.3) is 22.4 Å². The van der Waals surface area contributed by atoms with Crippen molar-refractivity contribution in [3.05, 3.63) is 64.7 Å². The summed E-state index contributed by atoms with van der Waals surface area (Å²) in [6, 6.07) is 5.81. The molecular weight excluding hydrogens is 378 g/mol. The van der Waals surface area contributed by atoms with Crippen LogP contribution in [-0.2, 0) is 11.8 Å². The van der Waals surface area contributed by atoms with Crippen LogP contribution in [0, 0.1) is 0 Å². The van der Waals surface area contributed by atoms with E-state index >= 15 is 0 Å². The average Bonchev–Trinajstić information content (AvgIpc) is 3.40. The molecule has 2 aliphatic rings. The molecule has 30 heavy (non-hydrogen) atoms. The Hall–Kier alpha value is -3.55. The zero-order chi connectivity index (χ0) is 20.1. The highest BCUT2D eigenvalue weighted by Gasteiger charge is 2.45. The summed E-state index contributed by atoms with van der Waals surface area (Å²) in [5, 5.41) is 1.03. The number of piperidine rings is 1. The first-order valence-corrected chi connectivity index (χ1v) is 10.3. The molecule has 0 bridgehead atoms. The molecule has 1 saturated heterocycles. The number of aromatic nitrogens is 6. The van der Waals surface area contributed by atoms with Gasteiger partial charge in [0.25, 0.3) is 5.56 Å². The molecule has 5 heterocycles. The molecule has 0 saturated carbocycles. The first-order chi connectivity index (χ1) is 14.7. The van der Waals surface area contributed by atoms with Gasteiger partial charge in [0.1, 0.15) is 23.6 Å². The highest BCUT2D eigenvalue weighted by atomic mass is 16.1. The van der Waals surface area contributed by atoms with Crippen LogP contribution in [-0.4, -0.2) is 43.0 Å². The Labute approximate surface area is 172 Å². The van der Waals surface area contributed by atoms with Crippen LogP contribution in [0.4, 0.5) is 5.82 Å². The van der Waals surface area contributed by atoms with E-state index in [9.17, 15) is 4.79 Å². The van der Waals surface area contributed by atoms with Gasteiger partial charge in [-0.1, -0.05) is 0 Å². The van der Waals surface area contributed by atoms with Gasteiger partial charge in [-0.15, -0.1) is 0 Å². The summed E-state index contributed by atoms with van der Waals surface area (Å²) < 4.78 is 0. The molecule has 4 aromatic rings. The van der Waals surface area contributed by atoms with Crippen LogP contribution in [0.5, 0.6) is 0 Å². The lowest BCUT2D eigenvalue weighted by atomic mass is 9.77. The Bertz CT molecular complexity index is 1300. The molecule has 8 heteroatoms. The third-order valence-electron chi connectivity index (χ3n) is 6.52. The van der Waals surface area contributed by atoms with Crippen LogP contribution in [0.1, 0.15) is 30.5 Å². The van der Waals surface area contributed by atoms with E-state index < -0.39 is 0 Å². The van der Waals surface area contributed by atoms with Gasteiger partial charge in [-0.2, -0.15) is 0 Å². The molecule has 2 N–H and O–H groups in total. The molecule has 8 nitrogen and oxygen atoms in total. The van der Waals surface area contributed by atoms with Gasteiger partial charge in [0.05, 0.1) is 11.1 Å². The van der Waals surface area contributed by atoms with Gasteiger partial charge in [-0.05, 0) is 43.9 Å². The van der Waals surface area contributed by atoms with Crippen LogP contribution < -0.4 is 10.5 Å². The molecular formula is C22H21N7O. The third-order valence-corrected chi connectivity index (χ3v) is 6.52. The van der Waals surface area contributed by atoms with Crippen molar-refractivity contribution >= 4 is 16.9 Å². The topological polar surface area (TPSA) is 103 Å². The minimum Gasteiger partial charge on any atom is -0.355 e. The molecule has 6 rings (SSSR count). The van der Waals surface area contributed by atoms with Crippen molar-refractivity contribution in [3.63, 3.8) is 0 Å². The average molecular weight is 399 g/mol. The number of aromatic amines is 2. The summed E-state index contributed by atoms with van der Waals surface area (Å²) >= 11 is 0. The number of anilines is 1. The Balaban J connectivity index is 1.44. The summed E-state index contributed by atoms with van der Waals surface area (Å²) in [7, 11) is 0. The molecule has 150 valence electrons. The van der Waals surface area contributed by atoms with Crippen molar-refractivity contribution in [1.82, 2.24) is 29.9 Å². The number of nitrogens with one attached hydrogen (secondary N) is 2. The molecule has 4 aromatic heterocycles. The van der Waals surface area contributed by atoms with Crippen LogP contribution in [0.2, 0.25) is 0 Å². The lowest BCUT2D eigenvalue weighted by Gasteiger charge is -2.41. The highest BCUT2D eigenvalue weighted by Crippen LogP contribution is 2.44. The Morgan fingerprint density at radius 3 is 3.03 bits per heavy atom. The minimum atomic E-state index is -0.133. The summed E-state index contributed by atoms with van der Waals surface area (Å²) in [6.45, 7) is 1.74. The largest absolute Gasteiger partial charge is 0.355 e. The number of hydrogen-bond acceptors (Lipinski definition) is 6. The van der Waals surface area contributed by atoms with Crippen LogP contribution in [0.15, 0.2) is 47.9 Å². The van der Waals surface area contributed by atoms with Crippen molar-refractivity contribution in [2.75, 3.05) is 18.0 Å². The summed E-state index contributed by atoms with van der Waals surface area (Å²) in [6.07, 6.45) is 10.7. The summed E-state index contributed by atoms with van der Waals surface area (Å²) in [5.74, 6) is 1.55. The minimum absolute atomic E-state index is 0.0251. The second kappa shape index (κ2) is 6.48. The van der Waals surface area contributed by atoms with Crippen LogP contribution >= 0.6 is 0 Å². The number of hydrogen-bond donors (Lipinski definition) is 2. The van der Waals surface area contributed by atoms with Gasteiger partial charge in [-0.25, -0.2) is 15.0 Å². The Kier molecular flexibility index (Phi) is 3.74. The normalized spacial score (nSPS) is 20.7. The number of pyridine rings is 1. The van der Waals surface area contributed by atoms with Crippen molar-refractivity contribution in [1.29, 1.82) is 0 Å². The van der Waals surface area contributed by atoms with E-state index in [-0.39, 0.29) is 11.0 Å². The summed E-state index contributed by atoms with van der Waals surface area (Å²) in [5.41, 5.74) is 3.31. The van der Waals surface area contributed by atoms with Gasteiger partial charge < -0.3 is 14.9 Å². The molecule has 0 amide bonds. The van der Waals surface area contributed by atoms with E-state index in [1.54, 1.807) is 18.7 Å². The van der Waals surface area contributed by atoms with E-state index in [1.807, 2.05) is 24.4 Å². The van der Waals surface area contributed by atoms with E-state index in [2.05, 4.69) is 29.8 Å². The van der Waals surface area contributed by atoms with Gasteiger partial charge >= 0.3 is 0 Å². The van der Waals surface area contributed by atoms with E-state index in [0.29, 0.717) is 5.82 Å². The fourth-order valence-electron chi connectivity index (χ4n) is 5.11. The molecule has 0 radical (unpaired) electrons. The van der Waals surface area contributed by atoms with Crippen molar-refractivity contribution < 1.29 is 0 Å². The van der Waals surface area contributed by atoms with Crippen molar-refractivity contribution in [2.24, 2.45) is 0 Å². The molecule has 1 unspecified atom stereocenters. The van der Waals surface area contributed by atoms with Gasteiger partial charge in [0.2, 0.25) is 0 Å². The standard InChI is InChI=1S/C22H21N7O/c30-21-15-4-7-22(17(15)27-18(28-21)14-3-1-8-23-11-14)6-2-10-29(12-22)20-16-5-9-24-19(16)25-13-26-20/h1,3,5,8-9,11,13H,2,4,6-7,10,12H2,(H,24,25,26)(H,27,28,30). The number of rotatable bonds is 2. The zero-order valence-corrected chi connectivity index (χ0v) is 16.4. The van der Waals surface area contributed by atoms with Gasteiger partial charge in [0.15, 0.2) is 0 Å². The maximum atomic E-state index is 12.9. The highest BCUT2D eigenvalue weighted by molar-refractivity contribution is 5.87. The van der Waals surface area contributed by atoms with E-state index in [1.165, 1.54) is 0 Å². The predicted molar refractivity (Wildman–Crippen MR) is 113 cm³/mol. The molecule has 0 aromatic carbocycles. The number of H-pyrrole nitrogens is 2. The van der Waals surface area contributed by atoms with Gasteiger partial charge in [0, 0.05) is 48.2 Å². The molecule has 1 aliphatic carbocycles.